The van der Waals surface area contributed by atoms with Crippen molar-refractivity contribution in [2.75, 3.05) is 33.3 Å². The van der Waals surface area contributed by atoms with Crippen molar-refractivity contribution in [2.24, 2.45) is 4.99 Å². The van der Waals surface area contributed by atoms with Crippen molar-refractivity contribution in [3.05, 3.63) is 83.9 Å². The molecule has 0 aliphatic carbocycles. The molecule has 3 aromatic rings. The molecule has 1 fully saturated rings. The zero-order valence-corrected chi connectivity index (χ0v) is 19.6. The molecule has 2 aliphatic heterocycles. The lowest BCUT2D eigenvalue weighted by Crippen LogP contribution is -2.51. The molecule has 1 amide bonds. The molecule has 3 aromatic carbocycles. The SMILES string of the molecule is CC[C@H](C(=O)N1CCN(C2=Nc3ccccc3Oc3cc(OC)ccc32)CC1)c1ccccc1. The maximum absolute atomic E-state index is 13.3. The number of piperazine rings is 1. The molecule has 5 rings (SSSR count). The molecule has 0 radical (unpaired) electrons. The molecular weight excluding hydrogens is 426 g/mol. The van der Waals surface area contributed by atoms with Gasteiger partial charge >= 0.3 is 0 Å². The molecule has 2 heterocycles. The highest BCUT2D eigenvalue weighted by atomic mass is 16.5. The number of fused-ring (bicyclic) bond motifs is 2. The number of nitrogens with zero attached hydrogens (tertiary/aromatic N) is 3. The first-order chi connectivity index (χ1) is 16.7. The zero-order chi connectivity index (χ0) is 23.5. The minimum absolute atomic E-state index is 0.101. The lowest BCUT2D eigenvalue weighted by Gasteiger charge is -2.38. The molecule has 0 unspecified atom stereocenters. The van der Waals surface area contributed by atoms with Crippen molar-refractivity contribution >= 4 is 17.4 Å². The van der Waals surface area contributed by atoms with E-state index >= 15 is 0 Å². The van der Waals surface area contributed by atoms with Crippen molar-refractivity contribution < 1.29 is 14.3 Å². The van der Waals surface area contributed by atoms with Crippen LogP contribution in [0.15, 0.2) is 77.8 Å². The summed E-state index contributed by atoms with van der Waals surface area (Å²) in [5, 5.41) is 0. The predicted octanol–water partition coefficient (Wildman–Crippen LogP) is 5.22. The van der Waals surface area contributed by atoms with E-state index in [1.807, 2.05) is 77.7 Å². The summed E-state index contributed by atoms with van der Waals surface area (Å²) in [6.07, 6.45) is 0.791. The summed E-state index contributed by atoms with van der Waals surface area (Å²) in [6, 6.07) is 23.7. The zero-order valence-electron chi connectivity index (χ0n) is 19.6. The molecule has 0 bridgehead atoms. The number of amidine groups is 1. The van der Waals surface area contributed by atoms with E-state index in [1.165, 1.54) is 0 Å². The van der Waals surface area contributed by atoms with Crippen LogP contribution in [0.1, 0.15) is 30.4 Å². The van der Waals surface area contributed by atoms with Gasteiger partial charge in [-0.25, -0.2) is 4.99 Å². The highest BCUT2D eigenvalue weighted by molar-refractivity contribution is 6.04. The molecule has 0 saturated carbocycles. The first kappa shape index (κ1) is 22.0. The van der Waals surface area contributed by atoms with Crippen molar-refractivity contribution in [3.8, 4) is 17.2 Å². The Morgan fingerprint density at radius 3 is 2.44 bits per heavy atom. The van der Waals surface area contributed by atoms with Gasteiger partial charge in [0.2, 0.25) is 5.91 Å². The number of carbonyl (C=O) groups excluding carboxylic acids is 1. The number of methoxy groups -OCH3 is 1. The van der Waals surface area contributed by atoms with Gasteiger partial charge in [0.05, 0.1) is 18.6 Å². The van der Waals surface area contributed by atoms with Gasteiger partial charge in [-0.1, -0.05) is 49.4 Å². The Hall–Kier alpha value is -3.80. The molecule has 174 valence electrons. The highest BCUT2D eigenvalue weighted by Gasteiger charge is 2.30. The number of aliphatic imine (C=N–C) groups is 1. The average molecular weight is 456 g/mol. The van der Waals surface area contributed by atoms with Gasteiger partial charge in [-0.3, -0.25) is 4.79 Å². The smallest absolute Gasteiger partial charge is 0.230 e. The lowest BCUT2D eigenvalue weighted by molar-refractivity contribution is -0.134. The average Bonchev–Trinajstić information content (AvgIpc) is 3.06. The largest absolute Gasteiger partial charge is 0.497 e. The van der Waals surface area contributed by atoms with Crippen molar-refractivity contribution in [2.45, 2.75) is 19.3 Å². The first-order valence-corrected chi connectivity index (χ1v) is 11.8. The molecule has 0 N–H and O–H groups in total. The van der Waals surface area contributed by atoms with Crippen LogP contribution in [0, 0.1) is 0 Å². The number of carbonyl (C=O) groups is 1. The molecular formula is C28H29N3O3. The number of para-hydroxylation sites is 2. The van der Waals surface area contributed by atoms with Crippen molar-refractivity contribution in [3.63, 3.8) is 0 Å². The van der Waals surface area contributed by atoms with Crippen molar-refractivity contribution in [1.82, 2.24) is 9.80 Å². The Balaban J connectivity index is 1.39. The molecule has 1 saturated heterocycles. The fourth-order valence-corrected chi connectivity index (χ4v) is 4.67. The quantitative estimate of drug-likeness (QED) is 0.541. The van der Waals surface area contributed by atoms with Crippen LogP contribution < -0.4 is 9.47 Å². The van der Waals surface area contributed by atoms with Crippen LogP contribution in [0.3, 0.4) is 0 Å². The van der Waals surface area contributed by atoms with E-state index in [0.29, 0.717) is 26.2 Å². The number of hydrogen-bond acceptors (Lipinski definition) is 5. The van der Waals surface area contributed by atoms with Gasteiger partial charge in [0.1, 0.15) is 23.0 Å². The van der Waals surface area contributed by atoms with E-state index in [0.717, 1.165) is 46.3 Å². The number of rotatable bonds is 4. The standard InChI is InChI=1S/C28H29N3O3/c1-3-22(20-9-5-4-6-10-20)28(32)31-17-15-30(16-18-31)27-23-14-13-21(33-2)19-26(23)34-25-12-8-7-11-24(25)29-27/h4-14,19,22H,3,15-18H2,1-2H3/t22-/m0/s1. The molecule has 0 spiro atoms. The molecule has 6 nitrogen and oxygen atoms in total. The van der Waals surface area contributed by atoms with E-state index < -0.39 is 0 Å². The van der Waals surface area contributed by atoms with Crippen LogP contribution in [0.25, 0.3) is 0 Å². The Labute approximate surface area is 200 Å². The topological polar surface area (TPSA) is 54.4 Å². The second-order valence-corrected chi connectivity index (χ2v) is 8.55. The predicted molar refractivity (Wildman–Crippen MR) is 133 cm³/mol. The third-order valence-electron chi connectivity index (χ3n) is 6.54. The lowest BCUT2D eigenvalue weighted by atomic mass is 9.94. The fourth-order valence-electron chi connectivity index (χ4n) is 4.67. The van der Waals surface area contributed by atoms with E-state index in [2.05, 4.69) is 11.8 Å². The summed E-state index contributed by atoms with van der Waals surface area (Å²) in [5.41, 5.74) is 2.80. The highest BCUT2D eigenvalue weighted by Crippen LogP contribution is 2.39. The minimum atomic E-state index is -0.101. The maximum atomic E-state index is 13.3. The van der Waals surface area contributed by atoms with Crippen LogP contribution in [0.2, 0.25) is 0 Å². The van der Waals surface area contributed by atoms with E-state index in [-0.39, 0.29) is 11.8 Å². The second kappa shape index (κ2) is 9.59. The number of amides is 1. The Morgan fingerprint density at radius 1 is 0.971 bits per heavy atom. The molecule has 34 heavy (non-hydrogen) atoms. The summed E-state index contributed by atoms with van der Waals surface area (Å²) >= 11 is 0. The van der Waals surface area contributed by atoms with Gasteiger partial charge in [0.25, 0.3) is 0 Å². The summed E-state index contributed by atoms with van der Waals surface area (Å²) < 4.78 is 11.7. The molecule has 0 aromatic heterocycles. The normalized spacial score (nSPS) is 15.9. The van der Waals surface area contributed by atoms with E-state index in [1.54, 1.807) is 7.11 Å². The maximum Gasteiger partial charge on any atom is 0.230 e. The van der Waals surface area contributed by atoms with Gasteiger partial charge in [0.15, 0.2) is 5.75 Å². The Bertz CT molecular complexity index is 1200. The van der Waals surface area contributed by atoms with Crippen LogP contribution in [-0.4, -0.2) is 54.8 Å². The number of benzene rings is 3. The van der Waals surface area contributed by atoms with E-state index in [4.69, 9.17) is 14.5 Å². The second-order valence-electron chi connectivity index (χ2n) is 8.55. The third-order valence-corrected chi connectivity index (χ3v) is 6.54. The van der Waals surface area contributed by atoms with Gasteiger partial charge < -0.3 is 19.3 Å². The van der Waals surface area contributed by atoms with Crippen molar-refractivity contribution in [1.29, 1.82) is 0 Å². The summed E-state index contributed by atoms with van der Waals surface area (Å²) in [5.74, 6) is 3.14. The van der Waals surface area contributed by atoms with Gasteiger partial charge in [-0.2, -0.15) is 0 Å². The van der Waals surface area contributed by atoms with Gasteiger partial charge in [0, 0.05) is 32.2 Å². The molecule has 1 atom stereocenters. The summed E-state index contributed by atoms with van der Waals surface area (Å²) in [4.78, 5) is 22.6. The third kappa shape index (κ3) is 4.23. The monoisotopic (exact) mass is 455 g/mol. The minimum Gasteiger partial charge on any atom is -0.497 e. The number of ether oxygens (including phenoxy) is 2. The molecule has 6 heteroatoms. The van der Waals surface area contributed by atoms with Gasteiger partial charge in [-0.15, -0.1) is 0 Å². The first-order valence-electron chi connectivity index (χ1n) is 11.8. The summed E-state index contributed by atoms with van der Waals surface area (Å²) in [6.45, 7) is 4.83. The Morgan fingerprint density at radius 2 is 1.71 bits per heavy atom. The Kier molecular flexibility index (Phi) is 6.21. The fraction of sp³-hybridized carbons (Fsp3) is 0.286. The van der Waals surface area contributed by atoms with Crippen LogP contribution >= 0.6 is 0 Å². The van der Waals surface area contributed by atoms with Crippen LogP contribution in [0.5, 0.6) is 17.2 Å². The van der Waals surface area contributed by atoms with E-state index in [9.17, 15) is 4.79 Å². The number of hydrogen-bond donors (Lipinski definition) is 0. The molecule has 2 aliphatic rings. The van der Waals surface area contributed by atoms with Crippen LogP contribution in [0.4, 0.5) is 5.69 Å². The van der Waals surface area contributed by atoms with Gasteiger partial charge in [-0.05, 0) is 36.2 Å². The summed E-state index contributed by atoms with van der Waals surface area (Å²) in [7, 11) is 1.65. The van der Waals surface area contributed by atoms with Crippen LogP contribution in [-0.2, 0) is 4.79 Å².